The fourth-order valence-electron chi connectivity index (χ4n) is 4.21. The Bertz CT molecular complexity index is 1450. The molecule has 0 radical (unpaired) electrons. The molecule has 208 valence electrons. The number of hydrogen-bond donors (Lipinski definition) is 2. The lowest BCUT2D eigenvalue weighted by atomic mass is 10.1. The monoisotopic (exact) mass is 551 g/mol. The van der Waals surface area contributed by atoms with Gasteiger partial charge in [-0.3, -0.25) is 9.59 Å². The van der Waals surface area contributed by atoms with E-state index >= 15 is 0 Å². The van der Waals surface area contributed by atoms with Crippen LogP contribution in [0.15, 0.2) is 84.9 Å². The number of nitrogens with one attached hydrogen (secondary N) is 2. The number of carbonyl (C=O) groups excluding carboxylic acids is 2. The second-order valence-corrected chi connectivity index (χ2v) is 8.74. The number of amides is 2. The van der Waals surface area contributed by atoms with Crippen LogP contribution in [0.1, 0.15) is 33.3 Å². The minimum atomic E-state index is -4.79. The molecule has 0 aliphatic rings. The number of nitrogens with zero attached hydrogens (tertiary/aromatic N) is 1. The highest BCUT2D eigenvalue weighted by atomic mass is 19.4. The SMILES string of the molecule is CCOc1ccc(C(=O)NCCNC(=O)c2cc(-c3ccccc3)n(-c3ccc(OC(F)(F)F)cc3)c2C)cc1. The molecule has 0 spiro atoms. The van der Waals surface area contributed by atoms with Gasteiger partial charge >= 0.3 is 6.36 Å². The average Bonchev–Trinajstić information content (AvgIpc) is 3.28. The molecule has 4 aromatic rings. The van der Waals surface area contributed by atoms with Gasteiger partial charge in [0.2, 0.25) is 0 Å². The second-order valence-electron chi connectivity index (χ2n) is 8.74. The quantitative estimate of drug-likeness (QED) is 0.240. The Hall–Kier alpha value is -4.73. The fraction of sp³-hybridized carbons (Fsp3) is 0.200. The number of halogens is 3. The Morgan fingerprint density at radius 2 is 1.43 bits per heavy atom. The van der Waals surface area contributed by atoms with E-state index in [0.29, 0.717) is 40.6 Å². The van der Waals surface area contributed by atoms with Crippen molar-refractivity contribution in [1.82, 2.24) is 15.2 Å². The van der Waals surface area contributed by atoms with Crippen LogP contribution >= 0.6 is 0 Å². The first kappa shape index (κ1) is 28.3. The summed E-state index contributed by atoms with van der Waals surface area (Å²) in [5, 5.41) is 5.59. The summed E-state index contributed by atoms with van der Waals surface area (Å²) in [6.07, 6.45) is -4.79. The highest BCUT2D eigenvalue weighted by Crippen LogP contribution is 2.31. The highest BCUT2D eigenvalue weighted by molar-refractivity contribution is 5.97. The largest absolute Gasteiger partial charge is 0.573 e. The highest BCUT2D eigenvalue weighted by Gasteiger charge is 2.31. The summed E-state index contributed by atoms with van der Waals surface area (Å²) in [4.78, 5) is 25.5. The molecule has 0 bridgehead atoms. The van der Waals surface area contributed by atoms with E-state index in [1.165, 1.54) is 24.3 Å². The van der Waals surface area contributed by atoms with Crippen LogP contribution in [0.4, 0.5) is 13.2 Å². The molecule has 7 nitrogen and oxygen atoms in total. The maximum Gasteiger partial charge on any atom is 0.573 e. The van der Waals surface area contributed by atoms with Crippen molar-refractivity contribution in [3.05, 3.63) is 102 Å². The zero-order chi connectivity index (χ0) is 28.7. The molecular formula is C30H28F3N3O4. The first-order valence-electron chi connectivity index (χ1n) is 12.6. The number of aromatic nitrogens is 1. The number of benzene rings is 3. The Morgan fingerprint density at radius 1 is 0.825 bits per heavy atom. The molecule has 4 rings (SSSR count). The molecule has 0 fully saturated rings. The minimum Gasteiger partial charge on any atom is -0.494 e. The van der Waals surface area contributed by atoms with Gasteiger partial charge in [-0.25, -0.2) is 0 Å². The molecule has 1 heterocycles. The molecule has 0 saturated heterocycles. The third-order valence-electron chi connectivity index (χ3n) is 6.01. The van der Waals surface area contributed by atoms with Gasteiger partial charge in [0, 0.05) is 30.0 Å². The first-order valence-corrected chi connectivity index (χ1v) is 12.6. The molecule has 0 saturated carbocycles. The van der Waals surface area contributed by atoms with Crippen molar-refractivity contribution >= 4 is 11.8 Å². The Kier molecular flexibility index (Phi) is 8.78. The van der Waals surface area contributed by atoms with Crippen molar-refractivity contribution < 1.29 is 32.2 Å². The predicted molar refractivity (Wildman–Crippen MR) is 145 cm³/mol. The third kappa shape index (κ3) is 7.02. The predicted octanol–water partition coefficient (Wildman–Crippen LogP) is 5.91. The van der Waals surface area contributed by atoms with Crippen molar-refractivity contribution in [2.45, 2.75) is 20.2 Å². The molecule has 0 unspecified atom stereocenters. The summed E-state index contributed by atoms with van der Waals surface area (Å²) < 4.78 is 49.0. The van der Waals surface area contributed by atoms with Gasteiger partial charge in [-0.05, 0) is 74.0 Å². The van der Waals surface area contributed by atoms with Crippen LogP contribution in [0.2, 0.25) is 0 Å². The molecule has 3 aromatic carbocycles. The lowest BCUT2D eigenvalue weighted by molar-refractivity contribution is -0.274. The summed E-state index contributed by atoms with van der Waals surface area (Å²) in [7, 11) is 0. The van der Waals surface area contributed by atoms with Gasteiger partial charge < -0.3 is 24.7 Å². The van der Waals surface area contributed by atoms with Gasteiger partial charge in [0.15, 0.2) is 0 Å². The molecule has 2 amide bonds. The van der Waals surface area contributed by atoms with Crippen molar-refractivity contribution in [2.75, 3.05) is 19.7 Å². The average molecular weight is 552 g/mol. The molecule has 0 atom stereocenters. The lowest BCUT2D eigenvalue weighted by Crippen LogP contribution is -2.34. The molecule has 10 heteroatoms. The topological polar surface area (TPSA) is 81.6 Å². The third-order valence-corrected chi connectivity index (χ3v) is 6.01. The molecule has 0 aliphatic carbocycles. The molecular weight excluding hydrogens is 523 g/mol. The number of ether oxygens (including phenoxy) is 2. The van der Waals surface area contributed by atoms with Gasteiger partial charge in [-0.15, -0.1) is 13.2 Å². The standard InChI is InChI=1S/C30H28F3N3O4/c1-3-39-24-13-9-22(10-14-24)28(37)34-17-18-35-29(38)26-19-27(21-7-5-4-6-8-21)36(20(26)2)23-11-15-25(16-12-23)40-30(31,32)33/h4-16,19H,3,17-18H2,1-2H3,(H,34,37)(H,35,38). The van der Waals surface area contributed by atoms with Crippen LogP contribution in [0.25, 0.3) is 16.9 Å². The van der Waals surface area contributed by atoms with Crippen molar-refractivity contribution in [3.63, 3.8) is 0 Å². The van der Waals surface area contributed by atoms with E-state index < -0.39 is 6.36 Å². The van der Waals surface area contributed by atoms with Crippen LogP contribution in [-0.2, 0) is 0 Å². The maximum atomic E-state index is 13.1. The van der Waals surface area contributed by atoms with Crippen LogP contribution in [0.3, 0.4) is 0 Å². The Balaban J connectivity index is 1.47. The smallest absolute Gasteiger partial charge is 0.494 e. The zero-order valence-electron chi connectivity index (χ0n) is 21.9. The number of hydrogen-bond acceptors (Lipinski definition) is 4. The summed E-state index contributed by atoms with van der Waals surface area (Å²) in [6.45, 7) is 4.57. The molecule has 40 heavy (non-hydrogen) atoms. The minimum absolute atomic E-state index is 0.191. The maximum absolute atomic E-state index is 13.1. The first-order chi connectivity index (χ1) is 19.2. The van der Waals surface area contributed by atoms with Gasteiger partial charge in [0.1, 0.15) is 11.5 Å². The van der Waals surface area contributed by atoms with Crippen LogP contribution in [0.5, 0.6) is 11.5 Å². The van der Waals surface area contributed by atoms with E-state index in [9.17, 15) is 22.8 Å². The zero-order valence-corrected chi connectivity index (χ0v) is 21.9. The van der Waals surface area contributed by atoms with Gasteiger partial charge in [0.05, 0.1) is 17.9 Å². The normalized spacial score (nSPS) is 11.1. The summed E-state index contributed by atoms with van der Waals surface area (Å²) in [6, 6.07) is 23.3. The molecule has 0 aliphatic heterocycles. The second kappa shape index (κ2) is 12.4. The summed E-state index contributed by atoms with van der Waals surface area (Å²) >= 11 is 0. The summed E-state index contributed by atoms with van der Waals surface area (Å²) in [5.41, 5.74) is 3.54. The Labute approximate surface area is 229 Å². The van der Waals surface area contributed by atoms with Gasteiger partial charge in [-0.1, -0.05) is 30.3 Å². The van der Waals surface area contributed by atoms with Gasteiger partial charge in [0.25, 0.3) is 11.8 Å². The molecule has 2 N–H and O–H groups in total. The number of alkyl halides is 3. The summed E-state index contributed by atoms with van der Waals surface area (Å²) in [5.74, 6) is -0.286. The van der Waals surface area contributed by atoms with E-state index in [1.54, 1.807) is 41.8 Å². The number of carbonyl (C=O) groups is 2. The van der Waals surface area contributed by atoms with E-state index in [1.807, 2.05) is 37.3 Å². The van der Waals surface area contributed by atoms with E-state index in [-0.39, 0.29) is 30.7 Å². The number of rotatable bonds is 10. The van der Waals surface area contributed by atoms with E-state index in [4.69, 9.17) is 4.74 Å². The Morgan fingerprint density at radius 3 is 2.02 bits per heavy atom. The van der Waals surface area contributed by atoms with Crippen molar-refractivity contribution in [2.24, 2.45) is 0 Å². The van der Waals surface area contributed by atoms with Crippen LogP contribution < -0.4 is 20.1 Å². The lowest BCUT2D eigenvalue weighted by Gasteiger charge is -2.14. The fourth-order valence-corrected chi connectivity index (χ4v) is 4.21. The van der Waals surface area contributed by atoms with Gasteiger partial charge in [-0.2, -0.15) is 0 Å². The van der Waals surface area contributed by atoms with Crippen molar-refractivity contribution in [1.29, 1.82) is 0 Å². The van der Waals surface area contributed by atoms with Crippen molar-refractivity contribution in [3.8, 4) is 28.4 Å². The van der Waals surface area contributed by atoms with Crippen LogP contribution in [-0.4, -0.2) is 42.4 Å². The van der Waals surface area contributed by atoms with Crippen LogP contribution in [0, 0.1) is 6.92 Å². The molecule has 1 aromatic heterocycles. The van der Waals surface area contributed by atoms with E-state index in [0.717, 1.165) is 5.56 Å². The van der Waals surface area contributed by atoms with E-state index in [2.05, 4.69) is 15.4 Å².